The van der Waals surface area contributed by atoms with Gasteiger partial charge in [-0.1, -0.05) is 81.4 Å². The SMILES string of the molecule is CC(C)(C)[Si](Oc1cc(O)c(C=O)c(CCl)c1)(c1ccccc1)c1ccccc1. The van der Waals surface area contributed by atoms with Gasteiger partial charge in [-0.25, -0.2) is 0 Å². The second kappa shape index (κ2) is 8.43. The first-order valence-corrected chi connectivity index (χ1v) is 11.9. The lowest BCUT2D eigenvalue weighted by Gasteiger charge is -2.43. The maximum absolute atomic E-state index is 11.4. The first-order chi connectivity index (χ1) is 13.8. The Balaban J connectivity index is 2.27. The van der Waals surface area contributed by atoms with Crippen molar-refractivity contribution in [1.82, 2.24) is 0 Å². The second-order valence-corrected chi connectivity index (χ2v) is 12.5. The lowest BCUT2D eigenvalue weighted by Crippen LogP contribution is -2.68. The van der Waals surface area contributed by atoms with Crippen molar-refractivity contribution in [1.29, 1.82) is 0 Å². The van der Waals surface area contributed by atoms with E-state index in [1.54, 1.807) is 6.07 Å². The summed E-state index contributed by atoms with van der Waals surface area (Å²) in [7, 11) is -2.82. The van der Waals surface area contributed by atoms with Crippen LogP contribution in [0.25, 0.3) is 0 Å². The number of rotatable bonds is 6. The average Bonchev–Trinajstić information content (AvgIpc) is 2.72. The van der Waals surface area contributed by atoms with Gasteiger partial charge in [0.2, 0.25) is 0 Å². The van der Waals surface area contributed by atoms with Crippen LogP contribution in [0, 0.1) is 0 Å². The maximum atomic E-state index is 11.4. The molecule has 3 nitrogen and oxygen atoms in total. The Bertz CT molecular complexity index is 943. The summed E-state index contributed by atoms with van der Waals surface area (Å²) in [5, 5.41) is 12.4. The van der Waals surface area contributed by atoms with Crippen molar-refractivity contribution in [2.75, 3.05) is 0 Å². The summed E-state index contributed by atoms with van der Waals surface area (Å²) in [5.74, 6) is 0.503. The molecule has 0 saturated heterocycles. The third-order valence-corrected chi connectivity index (χ3v) is 10.4. The molecule has 0 aliphatic rings. The highest BCUT2D eigenvalue weighted by Gasteiger charge is 2.52. The zero-order valence-electron chi connectivity index (χ0n) is 16.9. The quantitative estimate of drug-likeness (QED) is 0.348. The number of halogens is 1. The van der Waals surface area contributed by atoms with E-state index in [2.05, 4.69) is 45.0 Å². The Morgan fingerprint density at radius 3 is 1.90 bits per heavy atom. The first kappa shape index (κ1) is 21.2. The monoisotopic (exact) mass is 424 g/mol. The molecule has 0 atom stereocenters. The Hall–Kier alpha value is -2.56. The molecule has 3 aromatic rings. The number of aldehydes is 1. The summed E-state index contributed by atoms with van der Waals surface area (Å²) in [6.07, 6.45) is 0.625. The van der Waals surface area contributed by atoms with Crippen LogP contribution in [0.2, 0.25) is 5.04 Å². The number of phenols is 1. The van der Waals surface area contributed by atoms with Crippen molar-refractivity contribution in [2.24, 2.45) is 0 Å². The van der Waals surface area contributed by atoms with Crippen molar-refractivity contribution < 1.29 is 14.3 Å². The van der Waals surface area contributed by atoms with Gasteiger partial charge >= 0.3 is 8.32 Å². The van der Waals surface area contributed by atoms with Crippen molar-refractivity contribution in [3.05, 3.63) is 83.9 Å². The van der Waals surface area contributed by atoms with Gasteiger partial charge in [-0.2, -0.15) is 0 Å². The number of aromatic hydroxyl groups is 1. The average molecular weight is 425 g/mol. The Kier molecular flexibility index (Phi) is 6.15. The summed E-state index contributed by atoms with van der Waals surface area (Å²) in [6.45, 7) is 6.55. The molecule has 150 valence electrons. The summed E-state index contributed by atoms with van der Waals surface area (Å²) >= 11 is 6.04. The summed E-state index contributed by atoms with van der Waals surface area (Å²) < 4.78 is 6.87. The van der Waals surface area contributed by atoms with Crippen LogP contribution in [-0.2, 0) is 5.88 Å². The highest BCUT2D eigenvalue weighted by atomic mass is 35.5. The molecular weight excluding hydrogens is 400 g/mol. The van der Waals surface area contributed by atoms with Crippen LogP contribution in [0.3, 0.4) is 0 Å². The van der Waals surface area contributed by atoms with Gasteiger partial charge in [-0.3, -0.25) is 4.79 Å². The number of carbonyl (C=O) groups excluding carboxylic acids is 1. The van der Waals surface area contributed by atoms with Crippen LogP contribution in [0.15, 0.2) is 72.8 Å². The molecule has 3 aromatic carbocycles. The molecule has 5 heteroatoms. The van der Waals surface area contributed by atoms with E-state index in [1.165, 1.54) is 6.07 Å². The molecule has 1 N–H and O–H groups in total. The summed E-state index contributed by atoms with van der Waals surface area (Å²) in [5.41, 5.74) is 0.754. The topological polar surface area (TPSA) is 46.5 Å². The molecule has 29 heavy (non-hydrogen) atoms. The minimum Gasteiger partial charge on any atom is -0.534 e. The predicted octanol–water partition coefficient (Wildman–Crippen LogP) is 4.88. The lowest BCUT2D eigenvalue weighted by atomic mass is 10.1. The van der Waals surface area contributed by atoms with E-state index >= 15 is 0 Å². The van der Waals surface area contributed by atoms with Crippen molar-refractivity contribution in [3.63, 3.8) is 0 Å². The summed E-state index contributed by atoms with van der Waals surface area (Å²) in [4.78, 5) is 11.4. The third kappa shape index (κ3) is 3.96. The number of carbonyl (C=O) groups is 1. The predicted molar refractivity (Wildman–Crippen MR) is 121 cm³/mol. The molecule has 3 rings (SSSR count). The number of alkyl halides is 1. The zero-order chi connectivity index (χ0) is 21.1. The lowest BCUT2D eigenvalue weighted by molar-refractivity contribution is 0.112. The van der Waals surface area contributed by atoms with Crippen LogP contribution in [-0.4, -0.2) is 19.7 Å². The first-order valence-electron chi connectivity index (χ1n) is 9.50. The van der Waals surface area contributed by atoms with Gasteiger partial charge in [-0.15, -0.1) is 11.6 Å². The van der Waals surface area contributed by atoms with Crippen molar-refractivity contribution >= 4 is 36.6 Å². The van der Waals surface area contributed by atoms with Gasteiger partial charge in [0.15, 0.2) is 6.29 Å². The summed E-state index contributed by atoms with van der Waals surface area (Å²) in [6, 6.07) is 23.8. The fraction of sp³-hybridized carbons (Fsp3) is 0.208. The van der Waals surface area contributed by atoms with Crippen molar-refractivity contribution in [2.45, 2.75) is 31.7 Å². The molecule has 0 bridgehead atoms. The van der Waals surface area contributed by atoms with E-state index in [4.69, 9.17) is 16.0 Å². The maximum Gasteiger partial charge on any atom is 0.319 e. The van der Waals surface area contributed by atoms with Crippen LogP contribution in [0.1, 0.15) is 36.7 Å². The smallest absolute Gasteiger partial charge is 0.319 e. The van der Waals surface area contributed by atoms with Gasteiger partial charge < -0.3 is 9.53 Å². The second-order valence-electron chi connectivity index (χ2n) is 8.03. The molecular formula is C24H25ClO3Si. The zero-order valence-corrected chi connectivity index (χ0v) is 18.6. The molecule has 0 fully saturated rings. The molecule has 0 heterocycles. The third-order valence-electron chi connectivity index (χ3n) is 5.17. The van der Waals surface area contributed by atoms with Crippen molar-refractivity contribution in [3.8, 4) is 11.5 Å². The number of phenolic OH excluding ortho intramolecular Hbond substituents is 1. The van der Waals surface area contributed by atoms with Crippen LogP contribution < -0.4 is 14.8 Å². The Morgan fingerprint density at radius 1 is 0.966 bits per heavy atom. The fourth-order valence-corrected chi connectivity index (χ4v) is 8.42. The van der Waals surface area contributed by atoms with E-state index in [-0.39, 0.29) is 22.2 Å². The highest BCUT2D eigenvalue weighted by molar-refractivity contribution is 7.00. The normalized spacial score (nSPS) is 11.9. The van der Waals surface area contributed by atoms with Gasteiger partial charge in [0.1, 0.15) is 11.5 Å². The van der Waals surface area contributed by atoms with Gasteiger partial charge in [-0.05, 0) is 27.0 Å². The number of benzene rings is 3. The minimum absolute atomic E-state index is 0.111. The Labute approximate surface area is 178 Å². The molecule has 0 radical (unpaired) electrons. The molecule has 0 spiro atoms. The molecule has 0 amide bonds. The fourth-order valence-electron chi connectivity index (χ4n) is 3.80. The number of hydrogen-bond donors (Lipinski definition) is 1. The van der Waals surface area contributed by atoms with E-state index in [0.717, 1.165) is 10.4 Å². The van der Waals surface area contributed by atoms with E-state index in [9.17, 15) is 9.90 Å². The van der Waals surface area contributed by atoms with Crippen LogP contribution >= 0.6 is 11.6 Å². The van der Waals surface area contributed by atoms with Gasteiger partial charge in [0.25, 0.3) is 0 Å². The minimum atomic E-state index is -2.82. The van der Waals surface area contributed by atoms with Gasteiger partial charge in [0, 0.05) is 11.9 Å². The molecule has 0 unspecified atom stereocenters. The Morgan fingerprint density at radius 2 is 1.48 bits per heavy atom. The standard InChI is InChI=1S/C24H25ClO3Si/c1-24(2,3)29(20-10-6-4-7-11-20,21-12-8-5-9-13-21)28-19-14-18(16-25)22(17-26)23(27)15-19/h4-15,17,27H,16H2,1-3H3. The van der Waals surface area contributed by atoms with Crippen LogP contribution in [0.4, 0.5) is 0 Å². The molecule has 0 aromatic heterocycles. The van der Waals surface area contributed by atoms with Gasteiger partial charge in [0.05, 0.1) is 5.56 Å². The molecule has 0 saturated carbocycles. The van der Waals surface area contributed by atoms with E-state index in [0.29, 0.717) is 17.6 Å². The highest BCUT2D eigenvalue weighted by Crippen LogP contribution is 2.39. The largest absolute Gasteiger partial charge is 0.534 e. The molecule has 0 aliphatic carbocycles. The van der Waals surface area contributed by atoms with E-state index in [1.807, 2.05) is 36.4 Å². The number of hydrogen-bond acceptors (Lipinski definition) is 3. The van der Waals surface area contributed by atoms with E-state index < -0.39 is 8.32 Å². The molecule has 0 aliphatic heterocycles. The van der Waals surface area contributed by atoms with Crippen LogP contribution in [0.5, 0.6) is 11.5 Å².